The van der Waals surface area contributed by atoms with E-state index in [1.54, 1.807) is 12.4 Å². The predicted molar refractivity (Wildman–Crippen MR) is 68.3 cm³/mol. The smallest absolute Gasteiger partial charge is 0.0438 e. The number of nitrogens with zero attached hydrogens (tertiary/aromatic N) is 2. The molecule has 0 aliphatic heterocycles. The minimum Gasteiger partial charge on any atom is -0.388 e. The first-order valence-corrected chi connectivity index (χ1v) is 5.23. The van der Waals surface area contributed by atoms with E-state index in [0.29, 0.717) is 0 Å². The molecule has 0 fully saturated rings. The van der Waals surface area contributed by atoms with Gasteiger partial charge in [0.25, 0.3) is 0 Å². The van der Waals surface area contributed by atoms with Gasteiger partial charge in [-0.3, -0.25) is 4.98 Å². The Morgan fingerprint density at radius 3 is 2.50 bits per heavy atom. The van der Waals surface area contributed by atoms with Gasteiger partial charge in [-0.15, -0.1) is 0 Å². The number of rotatable bonds is 3. The summed E-state index contributed by atoms with van der Waals surface area (Å²) in [5.74, 6) is 0. The number of pyridine rings is 1. The van der Waals surface area contributed by atoms with Gasteiger partial charge in [0.1, 0.15) is 0 Å². The van der Waals surface area contributed by atoms with Gasteiger partial charge < -0.3 is 10.2 Å². The van der Waals surface area contributed by atoms with Crippen LogP contribution in [-0.4, -0.2) is 19.1 Å². The monoisotopic (exact) mass is 213 g/mol. The molecule has 0 radical (unpaired) electrons. The first-order valence-electron chi connectivity index (χ1n) is 5.23. The Kier molecular flexibility index (Phi) is 3.05. The van der Waals surface area contributed by atoms with Crippen LogP contribution in [0.2, 0.25) is 0 Å². The maximum absolute atomic E-state index is 4.02. The van der Waals surface area contributed by atoms with Gasteiger partial charge in [0.2, 0.25) is 0 Å². The van der Waals surface area contributed by atoms with Gasteiger partial charge in [0, 0.05) is 43.6 Å². The van der Waals surface area contributed by atoms with E-state index in [4.69, 9.17) is 0 Å². The molecule has 0 bridgehead atoms. The van der Waals surface area contributed by atoms with E-state index >= 15 is 0 Å². The average molecular weight is 213 g/mol. The second-order valence-corrected chi connectivity index (χ2v) is 3.56. The van der Waals surface area contributed by atoms with Gasteiger partial charge >= 0.3 is 0 Å². The third-order valence-electron chi connectivity index (χ3n) is 2.57. The van der Waals surface area contributed by atoms with E-state index in [0.717, 1.165) is 17.1 Å². The average Bonchev–Trinajstić information content (AvgIpc) is 2.39. The van der Waals surface area contributed by atoms with Gasteiger partial charge in [-0.05, 0) is 30.3 Å². The summed E-state index contributed by atoms with van der Waals surface area (Å²) in [5.41, 5.74) is 3.39. The first kappa shape index (κ1) is 10.5. The molecule has 82 valence electrons. The fraction of sp³-hybridized carbons (Fsp3) is 0.154. The lowest BCUT2D eigenvalue weighted by atomic mass is 10.2. The van der Waals surface area contributed by atoms with Crippen LogP contribution >= 0.6 is 0 Å². The van der Waals surface area contributed by atoms with Crippen LogP contribution in [0, 0.1) is 0 Å². The molecule has 1 N–H and O–H groups in total. The van der Waals surface area contributed by atoms with Crippen molar-refractivity contribution >= 4 is 17.1 Å². The summed E-state index contributed by atoms with van der Waals surface area (Å²) >= 11 is 0. The summed E-state index contributed by atoms with van der Waals surface area (Å²) in [6, 6.07) is 12.3. The lowest BCUT2D eigenvalue weighted by Gasteiger charge is -2.19. The highest BCUT2D eigenvalue weighted by molar-refractivity contribution is 5.66. The molecular weight excluding hydrogens is 198 g/mol. The maximum atomic E-state index is 4.02. The van der Waals surface area contributed by atoms with Crippen molar-refractivity contribution < 1.29 is 0 Å². The highest BCUT2D eigenvalue weighted by Gasteiger charge is 2.03. The third-order valence-corrected chi connectivity index (χ3v) is 2.57. The topological polar surface area (TPSA) is 28.2 Å². The summed E-state index contributed by atoms with van der Waals surface area (Å²) in [7, 11) is 3.97. The van der Waals surface area contributed by atoms with Crippen molar-refractivity contribution in [1.29, 1.82) is 0 Å². The molecule has 0 saturated carbocycles. The molecule has 0 spiro atoms. The van der Waals surface area contributed by atoms with Crippen LogP contribution < -0.4 is 10.2 Å². The number of hydrogen-bond acceptors (Lipinski definition) is 3. The number of benzene rings is 1. The zero-order valence-corrected chi connectivity index (χ0v) is 9.51. The molecule has 2 rings (SSSR count). The number of aromatic nitrogens is 1. The minimum atomic E-state index is 1.11. The maximum Gasteiger partial charge on any atom is 0.0438 e. The molecule has 1 aromatic heterocycles. The minimum absolute atomic E-state index is 1.11. The molecule has 0 atom stereocenters. The fourth-order valence-electron chi connectivity index (χ4n) is 1.59. The van der Waals surface area contributed by atoms with Crippen molar-refractivity contribution in [2.45, 2.75) is 0 Å². The van der Waals surface area contributed by atoms with E-state index in [1.807, 2.05) is 38.4 Å². The van der Waals surface area contributed by atoms with E-state index in [2.05, 4.69) is 27.3 Å². The summed E-state index contributed by atoms with van der Waals surface area (Å²) in [6.07, 6.45) is 3.60. The van der Waals surface area contributed by atoms with Crippen LogP contribution in [-0.2, 0) is 0 Å². The zero-order valence-electron chi connectivity index (χ0n) is 9.51. The Morgan fingerprint density at radius 2 is 1.81 bits per heavy atom. The Balaban J connectivity index is 2.30. The largest absolute Gasteiger partial charge is 0.388 e. The van der Waals surface area contributed by atoms with Gasteiger partial charge in [0.15, 0.2) is 0 Å². The standard InChI is InChI=1S/C13H15N3/c1-14-11-4-3-5-13(10-11)16(2)12-6-8-15-9-7-12/h3-10,14H,1-2H3. The van der Waals surface area contributed by atoms with Crippen molar-refractivity contribution in [2.24, 2.45) is 0 Å². The quantitative estimate of drug-likeness (QED) is 0.849. The second-order valence-electron chi connectivity index (χ2n) is 3.56. The molecule has 0 saturated heterocycles. The van der Waals surface area contributed by atoms with Crippen LogP contribution in [0.4, 0.5) is 17.1 Å². The normalized spacial score (nSPS) is 9.88. The van der Waals surface area contributed by atoms with E-state index < -0.39 is 0 Å². The summed E-state index contributed by atoms with van der Waals surface area (Å²) in [5, 5.41) is 3.13. The second kappa shape index (κ2) is 4.66. The van der Waals surface area contributed by atoms with Crippen LogP contribution in [0.3, 0.4) is 0 Å². The number of anilines is 3. The van der Waals surface area contributed by atoms with Crippen LogP contribution in [0.25, 0.3) is 0 Å². The molecule has 0 unspecified atom stereocenters. The molecule has 1 aromatic carbocycles. The Morgan fingerprint density at radius 1 is 1.06 bits per heavy atom. The highest BCUT2D eigenvalue weighted by atomic mass is 15.1. The SMILES string of the molecule is CNc1cccc(N(C)c2ccncc2)c1. The van der Waals surface area contributed by atoms with Crippen LogP contribution in [0.15, 0.2) is 48.8 Å². The molecule has 2 aromatic rings. The van der Waals surface area contributed by atoms with Gasteiger partial charge in [-0.1, -0.05) is 6.07 Å². The van der Waals surface area contributed by atoms with Crippen molar-refractivity contribution in [3.05, 3.63) is 48.8 Å². The van der Waals surface area contributed by atoms with Crippen LogP contribution in [0.5, 0.6) is 0 Å². The van der Waals surface area contributed by atoms with Crippen molar-refractivity contribution in [1.82, 2.24) is 4.98 Å². The number of hydrogen-bond donors (Lipinski definition) is 1. The molecule has 0 amide bonds. The van der Waals surface area contributed by atoms with E-state index in [1.165, 1.54) is 0 Å². The zero-order chi connectivity index (χ0) is 11.4. The molecule has 16 heavy (non-hydrogen) atoms. The first-order chi connectivity index (χ1) is 7.81. The van der Waals surface area contributed by atoms with E-state index in [9.17, 15) is 0 Å². The molecule has 3 heteroatoms. The lowest BCUT2D eigenvalue weighted by Crippen LogP contribution is -2.09. The highest BCUT2D eigenvalue weighted by Crippen LogP contribution is 2.24. The molecule has 0 aliphatic carbocycles. The predicted octanol–water partition coefficient (Wildman–Crippen LogP) is 2.89. The van der Waals surface area contributed by atoms with Gasteiger partial charge in [-0.2, -0.15) is 0 Å². The number of nitrogens with one attached hydrogen (secondary N) is 1. The van der Waals surface area contributed by atoms with Crippen molar-refractivity contribution in [3.63, 3.8) is 0 Å². The lowest BCUT2D eigenvalue weighted by molar-refractivity contribution is 1.19. The van der Waals surface area contributed by atoms with Crippen LogP contribution in [0.1, 0.15) is 0 Å². The molecule has 3 nitrogen and oxygen atoms in total. The van der Waals surface area contributed by atoms with Crippen molar-refractivity contribution in [2.75, 3.05) is 24.3 Å². The molecular formula is C13H15N3. The van der Waals surface area contributed by atoms with Crippen molar-refractivity contribution in [3.8, 4) is 0 Å². The molecule has 0 aliphatic rings. The summed E-state index contributed by atoms with van der Waals surface area (Å²) in [6.45, 7) is 0. The fourth-order valence-corrected chi connectivity index (χ4v) is 1.59. The summed E-state index contributed by atoms with van der Waals surface area (Å²) in [4.78, 5) is 6.14. The Bertz CT molecular complexity index is 454. The van der Waals surface area contributed by atoms with Gasteiger partial charge in [0.05, 0.1) is 0 Å². The van der Waals surface area contributed by atoms with E-state index in [-0.39, 0.29) is 0 Å². The molecule has 1 heterocycles. The Labute approximate surface area is 95.7 Å². The third kappa shape index (κ3) is 2.14. The summed E-state index contributed by atoms with van der Waals surface area (Å²) < 4.78 is 0. The Hall–Kier alpha value is -2.03. The van der Waals surface area contributed by atoms with Gasteiger partial charge in [-0.25, -0.2) is 0 Å².